The first-order valence-corrected chi connectivity index (χ1v) is 8.91. The molecule has 0 saturated heterocycles. The zero-order chi connectivity index (χ0) is 17.4. The van der Waals surface area contributed by atoms with Crippen molar-refractivity contribution in [2.24, 2.45) is 45.9 Å². The summed E-state index contributed by atoms with van der Waals surface area (Å²) in [5, 5.41) is 6.75. The van der Waals surface area contributed by atoms with Gasteiger partial charge in [0.05, 0.1) is 12.1 Å². The molecular formula is C18H36N2O2. The highest BCUT2D eigenvalue weighted by molar-refractivity contribution is 4.88. The molecule has 0 fully saturated rings. The third-order valence-corrected chi connectivity index (χ3v) is 6.39. The molecule has 0 radical (unpaired) electrons. The second-order valence-electron chi connectivity index (χ2n) is 7.36. The van der Waals surface area contributed by atoms with Crippen LogP contribution in [0.1, 0.15) is 68.2 Å². The van der Waals surface area contributed by atoms with E-state index in [-0.39, 0.29) is 29.8 Å². The summed E-state index contributed by atoms with van der Waals surface area (Å²) in [7, 11) is 0. The summed E-state index contributed by atoms with van der Waals surface area (Å²) in [6.45, 7) is 17.1. The van der Waals surface area contributed by atoms with Crippen molar-refractivity contribution in [2.75, 3.05) is 0 Å². The molecule has 130 valence electrons. The number of nitroso groups, excluding NO2 is 2. The molecule has 0 N–H and O–H groups in total. The van der Waals surface area contributed by atoms with Gasteiger partial charge in [0.2, 0.25) is 0 Å². The highest BCUT2D eigenvalue weighted by Crippen LogP contribution is 2.36. The maximum Gasteiger partial charge on any atom is 0.0975 e. The molecule has 4 heteroatoms. The van der Waals surface area contributed by atoms with Crippen LogP contribution >= 0.6 is 0 Å². The molecule has 8 atom stereocenters. The molecule has 8 unspecified atom stereocenters. The molecule has 0 spiro atoms. The van der Waals surface area contributed by atoms with Crippen LogP contribution in [0.4, 0.5) is 0 Å². The quantitative estimate of drug-likeness (QED) is 0.446. The first-order chi connectivity index (χ1) is 10.3. The smallest absolute Gasteiger partial charge is 0.0975 e. The van der Waals surface area contributed by atoms with Crippen LogP contribution in [0.25, 0.3) is 0 Å². The molecule has 0 aromatic carbocycles. The van der Waals surface area contributed by atoms with Gasteiger partial charge in [0.25, 0.3) is 0 Å². The van der Waals surface area contributed by atoms with Crippen LogP contribution in [0.2, 0.25) is 0 Å². The summed E-state index contributed by atoms with van der Waals surface area (Å²) in [5.41, 5.74) is 0. The molecule has 0 amide bonds. The lowest BCUT2D eigenvalue weighted by molar-refractivity contribution is 0.140. The molecule has 4 nitrogen and oxygen atoms in total. The molecule has 0 bridgehead atoms. The van der Waals surface area contributed by atoms with E-state index in [4.69, 9.17) is 0 Å². The Balaban J connectivity index is 5.03. The van der Waals surface area contributed by atoms with Crippen LogP contribution in [0, 0.1) is 45.3 Å². The lowest BCUT2D eigenvalue weighted by atomic mass is 9.70. The average molecular weight is 312 g/mol. The van der Waals surface area contributed by atoms with Gasteiger partial charge in [-0.25, -0.2) is 0 Å². The SMILES string of the molecule is CCC(C)C(C)C(N=O)C(C)C(C)C(C)C(C)C(CC)N=O. The summed E-state index contributed by atoms with van der Waals surface area (Å²) in [4.78, 5) is 22.4. The molecule has 0 aromatic rings. The molecule has 0 aliphatic carbocycles. The van der Waals surface area contributed by atoms with Gasteiger partial charge < -0.3 is 0 Å². The van der Waals surface area contributed by atoms with Crippen molar-refractivity contribution in [2.45, 2.75) is 80.3 Å². The first-order valence-electron chi connectivity index (χ1n) is 8.91. The Bertz CT molecular complexity index is 335. The highest BCUT2D eigenvalue weighted by atomic mass is 16.3. The molecule has 22 heavy (non-hydrogen) atoms. The Kier molecular flexibility index (Phi) is 9.70. The minimum absolute atomic E-state index is 0.140. The van der Waals surface area contributed by atoms with E-state index in [1.54, 1.807) is 0 Å². The fourth-order valence-electron chi connectivity index (χ4n) is 3.54. The highest BCUT2D eigenvalue weighted by Gasteiger charge is 2.36. The van der Waals surface area contributed by atoms with Gasteiger partial charge in [-0.15, -0.1) is 0 Å². The Labute approximate surface area is 136 Å². The van der Waals surface area contributed by atoms with Gasteiger partial charge in [-0.1, -0.05) is 72.2 Å². The van der Waals surface area contributed by atoms with Crippen LogP contribution < -0.4 is 0 Å². The van der Waals surface area contributed by atoms with E-state index in [2.05, 4.69) is 58.8 Å². The summed E-state index contributed by atoms with van der Waals surface area (Å²) in [6, 6.07) is -0.303. The third kappa shape index (κ3) is 5.13. The van der Waals surface area contributed by atoms with E-state index >= 15 is 0 Å². The van der Waals surface area contributed by atoms with E-state index in [9.17, 15) is 9.81 Å². The number of rotatable bonds is 11. The van der Waals surface area contributed by atoms with Crippen molar-refractivity contribution < 1.29 is 0 Å². The van der Waals surface area contributed by atoms with E-state index in [1.165, 1.54) is 0 Å². The predicted octanol–water partition coefficient (Wildman–Crippen LogP) is 5.89. The lowest BCUT2D eigenvalue weighted by Crippen LogP contribution is -2.37. The molecule has 0 aromatic heterocycles. The fraction of sp³-hybridized carbons (Fsp3) is 1.00. The average Bonchev–Trinajstić information content (AvgIpc) is 2.53. The first kappa shape index (κ1) is 21.2. The summed E-state index contributed by atoms with van der Waals surface area (Å²) in [5.74, 6) is 1.89. The van der Waals surface area contributed by atoms with Gasteiger partial charge in [-0.05, 0) is 41.9 Å². The van der Waals surface area contributed by atoms with Crippen molar-refractivity contribution in [3.8, 4) is 0 Å². The topological polar surface area (TPSA) is 58.9 Å². The zero-order valence-corrected chi connectivity index (χ0v) is 15.7. The molecule has 0 aliphatic heterocycles. The van der Waals surface area contributed by atoms with E-state index in [0.717, 1.165) is 12.8 Å². The molecule has 0 rings (SSSR count). The fourth-order valence-corrected chi connectivity index (χ4v) is 3.54. The van der Waals surface area contributed by atoms with Crippen molar-refractivity contribution in [3.05, 3.63) is 9.81 Å². The summed E-state index contributed by atoms with van der Waals surface area (Å²) < 4.78 is 0. The Morgan fingerprint density at radius 3 is 1.50 bits per heavy atom. The predicted molar refractivity (Wildman–Crippen MR) is 94.7 cm³/mol. The Morgan fingerprint density at radius 2 is 1.14 bits per heavy atom. The van der Waals surface area contributed by atoms with Crippen LogP contribution in [-0.2, 0) is 0 Å². The van der Waals surface area contributed by atoms with Crippen molar-refractivity contribution in [1.29, 1.82) is 0 Å². The zero-order valence-electron chi connectivity index (χ0n) is 15.7. The maximum absolute atomic E-state index is 11.4. The van der Waals surface area contributed by atoms with Gasteiger partial charge in [0.15, 0.2) is 0 Å². The van der Waals surface area contributed by atoms with Crippen LogP contribution in [-0.4, -0.2) is 12.1 Å². The molecule has 0 saturated carbocycles. The molecule has 0 heterocycles. The van der Waals surface area contributed by atoms with Gasteiger partial charge in [0.1, 0.15) is 0 Å². The number of hydrogen-bond donors (Lipinski definition) is 0. The van der Waals surface area contributed by atoms with E-state index < -0.39 is 0 Å². The van der Waals surface area contributed by atoms with Gasteiger partial charge in [-0.2, -0.15) is 9.81 Å². The maximum atomic E-state index is 11.4. The minimum atomic E-state index is -0.163. The second-order valence-corrected chi connectivity index (χ2v) is 7.36. The van der Waals surface area contributed by atoms with Crippen molar-refractivity contribution in [1.82, 2.24) is 0 Å². The van der Waals surface area contributed by atoms with E-state index in [0.29, 0.717) is 17.8 Å². The normalized spacial score (nSPS) is 22.7. The van der Waals surface area contributed by atoms with Gasteiger partial charge >= 0.3 is 0 Å². The van der Waals surface area contributed by atoms with Gasteiger partial charge in [-0.3, -0.25) is 0 Å². The Hall–Kier alpha value is -0.800. The largest absolute Gasteiger partial charge is 0.151 e. The van der Waals surface area contributed by atoms with Gasteiger partial charge in [0, 0.05) is 0 Å². The van der Waals surface area contributed by atoms with Crippen LogP contribution in [0.15, 0.2) is 10.4 Å². The monoisotopic (exact) mass is 312 g/mol. The van der Waals surface area contributed by atoms with Crippen molar-refractivity contribution in [3.63, 3.8) is 0 Å². The Morgan fingerprint density at radius 1 is 0.636 bits per heavy atom. The van der Waals surface area contributed by atoms with Crippen LogP contribution in [0.5, 0.6) is 0 Å². The molecular weight excluding hydrogens is 276 g/mol. The number of nitrogens with zero attached hydrogens (tertiary/aromatic N) is 2. The van der Waals surface area contributed by atoms with Crippen LogP contribution in [0.3, 0.4) is 0 Å². The van der Waals surface area contributed by atoms with Crippen molar-refractivity contribution >= 4 is 0 Å². The van der Waals surface area contributed by atoms with E-state index in [1.807, 2.05) is 6.92 Å². The third-order valence-electron chi connectivity index (χ3n) is 6.39. The lowest BCUT2D eigenvalue weighted by Gasteiger charge is -2.36. The molecule has 0 aliphatic rings. The number of hydrogen-bond acceptors (Lipinski definition) is 4. The standard InChI is InChI=1S/C18H36N2O2/c1-9-11(3)12(4)18(20-22)16(8)14(6)13(5)15(7)17(10-2)19-21/h11-18H,9-10H2,1-8H3. The summed E-state index contributed by atoms with van der Waals surface area (Å²) in [6.07, 6.45) is 1.84. The minimum Gasteiger partial charge on any atom is -0.151 e. The second kappa shape index (κ2) is 10.1. The summed E-state index contributed by atoms with van der Waals surface area (Å²) >= 11 is 0.